The highest BCUT2D eigenvalue weighted by Crippen LogP contribution is 2.12. The van der Waals surface area contributed by atoms with Crippen LogP contribution in [0.1, 0.15) is 30.9 Å². The number of ether oxygens (including phenoxy) is 1. The number of hydrogen-bond donors (Lipinski definition) is 2. The molecule has 2 N–H and O–H groups in total. The zero-order valence-electron chi connectivity index (χ0n) is 11.3. The van der Waals surface area contributed by atoms with E-state index in [0.717, 1.165) is 18.4 Å². The van der Waals surface area contributed by atoms with Gasteiger partial charge in [-0.2, -0.15) is 0 Å². The van der Waals surface area contributed by atoms with Gasteiger partial charge in [-0.15, -0.1) is 0 Å². The minimum Gasteiger partial charge on any atom is -0.378 e. The Morgan fingerprint density at radius 3 is 2.68 bits per heavy atom. The first kappa shape index (κ1) is 15.4. The van der Waals surface area contributed by atoms with E-state index in [9.17, 15) is 4.79 Å². The quantitative estimate of drug-likeness (QED) is 0.560. The fraction of sp³-hybridized carbons (Fsp3) is 0.400. The van der Waals surface area contributed by atoms with Gasteiger partial charge in [-0.3, -0.25) is 10.0 Å². The van der Waals surface area contributed by atoms with Crippen LogP contribution in [-0.2, 0) is 16.0 Å². The summed E-state index contributed by atoms with van der Waals surface area (Å²) in [4.78, 5) is 11.1. The first-order chi connectivity index (χ1) is 9.19. The number of hydroxylamine groups is 1. The van der Waals surface area contributed by atoms with Gasteiger partial charge in [-0.25, -0.2) is 5.48 Å². The predicted molar refractivity (Wildman–Crippen MR) is 74.8 cm³/mol. The van der Waals surface area contributed by atoms with E-state index in [0.29, 0.717) is 6.61 Å². The molecule has 0 heterocycles. The lowest BCUT2D eigenvalue weighted by Crippen LogP contribution is -2.26. The highest BCUT2D eigenvalue weighted by atomic mass is 16.5. The number of rotatable bonds is 8. The Kier molecular flexibility index (Phi) is 6.85. The average Bonchev–Trinajstić information content (AvgIpc) is 2.45. The number of nitrogens with one attached hydrogen (secondary N) is 1. The Morgan fingerprint density at radius 1 is 1.47 bits per heavy atom. The Morgan fingerprint density at radius 2 is 2.16 bits per heavy atom. The molecule has 1 aromatic rings. The molecule has 0 saturated heterocycles. The first-order valence-corrected chi connectivity index (χ1v) is 6.45. The van der Waals surface area contributed by atoms with Crippen LogP contribution in [0.3, 0.4) is 0 Å². The molecule has 1 amide bonds. The molecule has 0 aromatic heterocycles. The molecule has 0 aliphatic rings. The van der Waals surface area contributed by atoms with Crippen LogP contribution >= 0.6 is 0 Å². The molecule has 1 aromatic carbocycles. The smallest absolute Gasteiger partial charge is 0.245 e. The number of hydrogen-bond acceptors (Lipinski definition) is 3. The van der Waals surface area contributed by atoms with Crippen molar-refractivity contribution in [3.63, 3.8) is 0 Å². The van der Waals surface area contributed by atoms with Crippen molar-refractivity contribution in [2.75, 3.05) is 6.61 Å². The van der Waals surface area contributed by atoms with Gasteiger partial charge in [-0.05, 0) is 30.9 Å². The van der Waals surface area contributed by atoms with Crippen molar-refractivity contribution in [2.24, 2.45) is 0 Å². The zero-order valence-corrected chi connectivity index (χ0v) is 11.3. The molecule has 0 spiro atoms. The van der Waals surface area contributed by atoms with Gasteiger partial charge < -0.3 is 4.74 Å². The Labute approximate surface area is 114 Å². The topological polar surface area (TPSA) is 58.6 Å². The summed E-state index contributed by atoms with van der Waals surface area (Å²) in [6.07, 6.45) is 3.39. The lowest BCUT2D eigenvalue weighted by molar-refractivity contribution is -0.132. The number of carbonyl (C=O) groups is 1. The number of aryl methyl sites for hydroxylation is 1. The maximum atomic E-state index is 11.1. The van der Waals surface area contributed by atoms with Crippen molar-refractivity contribution in [3.8, 4) is 0 Å². The summed E-state index contributed by atoms with van der Waals surface area (Å²) in [5.41, 5.74) is 3.92. The van der Waals surface area contributed by atoms with Gasteiger partial charge in [-0.1, -0.05) is 36.9 Å². The van der Waals surface area contributed by atoms with Crippen LogP contribution in [0.25, 0.3) is 6.08 Å². The van der Waals surface area contributed by atoms with Gasteiger partial charge in [0, 0.05) is 6.61 Å². The van der Waals surface area contributed by atoms with Crippen LogP contribution < -0.4 is 5.48 Å². The SMILES string of the molecule is C=Cc1ccc(CCC(CC(=O)NO)OCC)cc1. The molecule has 0 aliphatic heterocycles. The maximum absolute atomic E-state index is 11.1. The third-order valence-electron chi connectivity index (χ3n) is 2.91. The molecule has 0 aliphatic carbocycles. The van der Waals surface area contributed by atoms with Crippen molar-refractivity contribution < 1.29 is 14.7 Å². The molecular formula is C15H21NO3. The van der Waals surface area contributed by atoms with Crippen LogP contribution in [0.15, 0.2) is 30.8 Å². The second-order valence-electron chi connectivity index (χ2n) is 4.30. The maximum Gasteiger partial charge on any atom is 0.245 e. The molecule has 0 fully saturated rings. The summed E-state index contributed by atoms with van der Waals surface area (Å²) >= 11 is 0. The average molecular weight is 263 g/mol. The standard InChI is InChI=1S/C15H21NO3/c1-3-12-5-7-13(8-6-12)9-10-14(19-4-2)11-15(17)16-18/h3,5-8,14,18H,1,4,9-11H2,2H3,(H,16,17). The molecule has 104 valence electrons. The van der Waals surface area contributed by atoms with Crippen molar-refractivity contribution in [2.45, 2.75) is 32.3 Å². The largest absolute Gasteiger partial charge is 0.378 e. The van der Waals surface area contributed by atoms with E-state index in [1.165, 1.54) is 5.56 Å². The van der Waals surface area contributed by atoms with E-state index in [1.54, 1.807) is 11.6 Å². The molecule has 1 rings (SSSR count). The molecule has 4 heteroatoms. The first-order valence-electron chi connectivity index (χ1n) is 6.45. The fourth-order valence-electron chi connectivity index (χ4n) is 1.88. The highest BCUT2D eigenvalue weighted by molar-refractivity contribution is 5.75. The van der Waals surface area contributed by atoms with Crippen molar-refractivity contribution in [1.29, 1.82) is 0 Å². The van der Waals surface area contributed by atoms with Gasteiger partial charge in [0.25, 0.3) is 0 Å². The molecule has 4 nitrogen and oxygen atoms in total. The molecule has 19 heavy (non-hydrogen) atoms. The van der Waals surface area contributed by atoms with Crippen molar-refractivity contribution >= 4 is 12.0 Å². The molecule has 0 saturated carbocycles. The summed E-state index contributed by atoms with van der Waals surface area (Å²) in [7, 11) is 0. The number of benzene rings is 1. The molecular weight excluding hydrogens is 242 g/mol. The summed E-state index contributed by atoms with van der Waals surface area (Å²) in [6, 6.07) is 8.12. The fourth-order valence-corrected chi connectivity index (χ4v) is 1.88. The number of amides is 1. The number of carbonyl (C=O) groups excluding carboxylic acids is 1. The summed E-state index contributed by atoms with van der Waals surface area (Å²) in [6.45, 7) is 6.16. The molecule has 1 atom stereocenters. The molecule has 1 unspecified atom stereocenters. The second-order valence-corrected chi connectivity index (χ2v) is 4.30. The molecule has 0 radical (unpaired) electrons. The van der Waals surface area contributed by atoms with E-state index in [2.05, 4.69) is 6.58 Å². The second kappa shape index (κ2) is 8.45. The van der Waals surface area contributed by atoms with E-state index >= 15 is 0 Å². The van der Waals surface area contributed by atoms with Crippen LogP contribution in [0.4, 0.5) is 0 Å². The van der Waals surface area contributed by atoms with Crippen LogP contribution in [0.5, 0.6) is 0 Å². The van der Waals surface area contributed by atoms with Crippen LogP contribution in [0.2, 0.25) is 0 Å². The van der Waals surface area contributed by atoms with Gasteiger partial charge in [0.15, 0.2) is 0 Å². The van der Waals surface area contributed by atoms with E-state index in [1.807, 2.05) is 31.2 Å². The zero-order chi connectivity index (χ0) is 14.1. The lowest BCUT2D eigenvalue weighted by atomic mass is 10.0. The predicted octanol–water partition coefficient (Wildman–Crippen LogP) is 2.56. The van der Waals surface area contributed by atoms with Gasteiger partial charge in [0.1, 0.15) is 0 Å². The van der Waals surface area contributed by atoms with Crippen molar-refractivity contribution in [3.05, 3.63) is 42.0 Å². The normalized spacial score (nSPS) is 11.9. The lowest BCUT2D eigenvalue weighted by Gasteiger charge is -2.15. The third kappa shape index (κ3) is 5.68. The van der Waals surface area contributed by atoms with Gasteiger partial charge in [0.2, 0.25) is 5.91 Å². The summed E-state index contributed by atoms with van der Waals surface area (Å²) in [5, 5.41) is 8.53. The Balaban J connectivity index is 2.49. The van der Waals surface area contributed by atoms with Crippen molar-refractivity contribution in [1.82, 2.24) is 5.48 Å². The summed E-state index contributed by atoms with van der Waals surface area (Å²) in [5.74, 6) is -0.416. The Hall–Kier alpha value is -1.65. The summed E-state index contributed by atoms with van der Waals surface area (Å²) < 4.78 is 5.49. The highest BCUT2D eigenvalue weighted by Gasteiger charge is 2.13. The van der Waals surface area contributed by atoms with Gasteiger partial charge in [0.05, 0.1) is 12.5 Å². The van der Waals surface area contributed by atoms with E-state index in [-0.39, 0.29) is 12.5 Å². The van der Waals surface area contributed by atoms with Crippen LogP contribution in [-0.4, -0.2) is 23.8 Å². The van der Waals surface area contributed by atoms with E-state index in [4.69, 9.17) is 9.94 Å². The van der Waals surface area contributed by atoms with E-state index < -0.39 is 5.91 Å². The minimum atomic E-state index is -0.416. The minimum absolute atomic E-state index is 0.170. The Bertz CT molecular complexity index is 400. The molecule has 0 bridgehead atoms. The van der Waals surface area contributed by atoms with Crippen LogP contribution in [0, 0.1) is 0 Å². The third-order valence-corrected chi connectivity index (χ3v) is 2.91. The van der Waals surface area contributed by atoms with Gasteiger partial charge >= 0.3 is 0 Å². The monoisotopic (exact) mass is 263 g/mol.